The summed E-state index contributed by atoms with van der Waals surface area (Å²) in [7, 11) is 1.85. The summed E-state index contributed by atoms with van der Waals surface area (Å²) in [6, 6.07) is 9.40. The van der Waals surface area contributed by atoms with Crippen molar-refractivity contribution in [3.8, 4) is 0 Å². The van der Waals surface area contributed by atoms with E-state index in [1.807, 2.05) is 7.05 Å². The fraction of sp³-hybridized carbons (Fsp3) is 0.696. The molecular weight excluding hydrogens is 348 g/mol. The van der Waals surface area contributed by atoms with Crippen LogP contribution >= 0.6 is 0 Å². The third-order valence-corrected chi connectivity index (χ3v) is 5.97. The summed E-state index contributed by atoms with van der Waals surface area (Å²) in [6.07, 6.45) is 3.58. The maximum absolute atomic E-state index is 5.51. The van der Waals surface area contributed by atoms with E-state index < -0.39 is 0 Å². The van der Waals surface area contributed by atoms with Gasteiger partial charge in [-0.1, -0.05) is 45.0 Å². The SMILES string of the molecule is CN=C(NCc1ccc(C(C)(C)C)cc1)NC1CCN(CC2CCOC2)CC1. The van der Waals surface area contributed by atoms with Gasteiger partial charge in [-0.3, -0.25) is 4.99 Å². The van der Waals surface area contributed by atoms with Gasteiger partial charge in [0.05, 0.1) is 6.61 Å². The van der Waals surface area contributed by atoms with E-state index in [1.54, 1.807) is 0 Å². The number of benzene rings is 1. The number of guanidine groups is 1. The van der Waals surface area contributed by atoms with E-state index in [-0.39, 0.29) is 5.41 Å². The van der Waals surface area contributed by atoms with E-state index in [2.05, 4.69) is 65.6 Å². The van der Waals surface area contributed by atoms with Gasteiger partial charge in [-0.15, -0.1) is 0 Å². The molecule has 0 aromatic heterocycles. The highest BCUT2D eigenvalue weighted by Crippen LogP contribution is 2.22. The molecule has 2 aliphatic rings. The average Bonchev–Trinajstić information content (AvgIpc) is 3.19. The predicted molar refractivity (Wildman–Crippen MR) is 117 cm³/mol. The molecule has 1 unspecified atom stereocenters. The summed E-state index contributed by atoms with van der Waals surface area (Å²) in [6.45, 7) is 13.0. The summed E-state index contributed by atoms with van der Waals surface area (Å²) in [5, 5.41) is 7.08. The Hall–Kier alpha value is -1.59. The van der Waals surface area contributed by atoms with E-state index >= 15 is 0 Å². The molecule has 0 radical (unpaired) electrons. The number of likely N-dealkylation sites (tertiary alicyclic amines) is 1. The minimum atomic E-state index is 0.198. The Balaban J connectivity index is 1.40. The van der Waals surface area contributed by atoms with Crippen LogP contribution in [0, 0.1) is 5.92 Å². The number of aliphatic imine (C=N–C) groups is 1. The van der Waals surface area contributed by atoms with Gasteiger partial charge in [-0.2, -0.15) is 0 Å². The van der Waals surface area contributed by atoms with E-state index in [0.717, 1.165) is 31.6 Å². The van der Waals surface area contributed by atoms with Crippen molar-refractivity contribution in [1.29, 1.82) is 0 Å². The topological polar surface area (TPSA) is 48.9 Å². The number of hydrogen-bond acceptors (Lipinski definition) is 3. The van der Waals surface area contributed by atoms with Crippen LogP contribution in [0.25, 0.3) is 0 Å². The van der Waals surface area contributed by atoms with Crippen molar-refractivity contribution in [2.45, 2.75) is 58.0 Å². The summed E-state index contributed by atoms with van der Waals surface area (Å²) < 4.78 is 5.51. The maximum atomic E-state index is 5.51. The molecule has 1 aromatic carbocycles. The van der Waals surface area contributed by atoms with Crippen LogP contribution in [0.1, 0.15) is 51.2 Å². The van der Waals surface area contributed by atoms with Crippen molar-refractivity contribution in [3.05, 3.63) is 35.4 Å². The molecule has 2 aliphatic heterocycles. The van der Waals surface area contributed by atoms with E-state index in [4.69, 9.17) is 4.74 Å². The standard InChI is InChI=1S/C23H38N4O/c1-23(2,3)20-7-5-18(6-8-20)15-25-22(24-4)26-21-9-12-27(13-10-21)16-19-11-14-28-17-19/h5-8,19,21H,9-17H2,1-4H3,(H2,24,25,26). The molecule has 0 saturated carbocycles. The largest absolute Gasteiger partial charge is 0.381 e. The quantitative estimate of drug-likeness (QED) is 0.603. The van der Waals surface area contributed by atoms with Gasteiger partial charge >= 0.3 is 0 Å². The molecule has 0 spiro atoms. The Morgan fingerprint density at radius 3 is 2.43 bits per heavy atom. The van der Waals surface area contributed by atoms with Crippen LogP contribution in [0.3, 0.4) is 0 Å². The Morgan fingerprint density at radius 1 is 1.14 bits per heavy atom. The molecule has 28 heavy (non-hydrogen) atoms. The highest BCUT2D eigenvalue weighted by atomic mass is 16.5. The van der Waals surface area contributed by atoms with Crippen LogP contribution in [0.4, 0.5) is 0 Å². The first-order valence-corrected chi connectivity index (χ1v) is 10.8. The molecule has 2 fully saturated rings. The molecule has 3 rings (SSSR count). The molecular formula is C23H38N4O. The second kappa shape index (κ2) is 9.75. The molecule has 0 aliphatic carbocycles. The lowest BCUT2D eigenvalue weighted by molar-refractivity contribution is 0.150. The van der Waals surface area contributed by atoms with Crippen LogP contribution in [0.15, 0.2) is 29.3 Å². The van der Waals surface area contributed by atoms with Crippen LogP contribution in [0.2, 0.25) is 0 Å². The van der Waals surface area contributed by atoms with Gasteiger partial charge in [0.2, 0.25) is 0 Å². The van der Waals surface area contributed by atoms with Crippen LogP contribution in [-0.4, -0.2) is 56.8 Å². The number of piperidine rings is 1. The van der Waals surface area contributed by atoms with Crippen molar-refractivity contribution >= 4 is 5.96 Å². The monoisotopic (exact) mass is 386 g/mol. The van der Waals surface area contributed by atoms with Gasteiger partial charge in [0.25, 0.3) is 0 Å². The Bertz CT molecular complexity index is 621. The van der Waals surface area contributed by atoms with Crippen molar-refractivity contribution in [3.63, 3.8) is 0 Å². The maximum Gasteiger partial charge on any atom is 0.191 e. The first kappa shape index (κ1) is 21.1. The zero-order valence-electron chi connectivity index (χ0n) is 18.1. The number of nitrogens with zero attached hydrogens (tertiary/aromatic N) is 2. The first-order valence-electron chi connectivity index (χ1n) is 10.8. The Labute approximate surface area is 170 Å². The van der Waals surface area contributed by atoms with Gasteiger partial charge < -0.3 is 20.3 Å². The molecule has 0 amide bonds. The van der Waals surface area contributed by atoms with E-state index in [9.17, 15) is 0 Å². The minimum Gasteiger partial charge on any atom is -0.381 e. The average molecular weight is 387 g/mol. The molecule has 5 heteroatoms. The third kappa shape index (κ3) is 6.21. The lowest BCUT2D eigenvalue weighted by atomic mass is 9.87. The second-order valence-corrected chi connectivity index (χ2v) is 9.32. The molecule has 2 saturated heterocycles. The normalized spacial score (nSPS) is 22.4. The molecule has 2 heterocycles. The Kier molecular flexibility index (Phi) is 7.36. The summed E-state index contributed by atoms with van der Waals surface area (Å²) >= 11 is 0. The molecule has 0 bridgehead atoms. The van der Waals surface area contributed by atoms with Gasteiger partial charge in [0.15, 0.2) is 5.96 Å². The predicted octanol–water partition coefficient (Wildman–Crippen LogP) is 3.15. The van der Waals surface area contributed by atoms with Crippen molar-refractivity contribution in [2.24, 2.45) is 10.9 Å². The first-order chi connectivity index (χ1) is 13.4. The highest BCUT2D eigenvalue weighted by molar-refractivity contribution is 5.79. The molecule has 5 nitrogen and oxygen atoms in total. The van der Waals surface area contributed by atoms with Gasteiger partial charge in [-0.25, -0.2) is 0 Å². The fourth-order valence-corrected chi connectivity index (χ4v) is 4.05. The second-order valence-electron chi connectivity index (χ2n) is 9.32. The molecule has 1 aromatic rings. The number of hydrogen-bond donors (Lipinski definition) is 2. The van der Waals surface area contributed by atoms with Crippen LogP contribution < -0.4 is 10.6 Å². The lowest BCUT2D eigenvalue weighted by Gasteiger charge is -2.34. The summed E-state index contributed by atoms with van der Waals surface area (Å²) in [5.74, 6) is 1.64. The third-order valence-electron chi connectivity index (χ3n) is 5.97. The van der Waals surface area contributed by atoms with Gasteiger partial charge in [-0.05, 0) is 41.7 Å². The van der Waals surface area contributed by atoms with Gasteiger partial charge in [0.1, 0.15) is 0 Å². The molecule has 2 N–H and O–H groups in total. The summed E-state index contributed by atoms with van der Waals surface area (Å²) in [5.41, 5.74) is 2.85. The smallest absolute Gasteiger partial charge is 0.191 e. The van der Waals surface area contributed by atoms with Crippen molar-refractivity contribution < 1.29 is 4.74 Å². The highest BCUT2D eigenvalue weighted by Gasteiger charge is 2.24. The zero-order chi connectivity index (χ0) is 20.0. The van der Waals surface area contributed by atoms with E-state index in [1.165, 1.54) is 50.0 Å². The van der Waals surface area contributed by atoms with Gasteiger partial charge in [0, 0.05) is 45.9 Å². The minimum absolute atomic E-state index is 0.198. The number of nitrogens with one attached hydrogen (secondary N) is 2. The summed E-state index contributed by atoms with van der Waals surface area (Å²) in [4.78, 5) is 7.02. The van der Waals surface area contributed by atoms with Crippen molar-refractivity contribution in [1.82, 2.24) is 15.5 Å². The van der Waals surface area contributed by atoms with Crippen molar-refractivity contribution in [2.75, 3.05) is 39.9 Å². The molecule has 1 atom stereocenters. The number of ether oxygens (including phenoxy) is 1. The van der Waals surface area contributed by atoms with Crippen LogP contribution in [-0.2, 0) is 16.7 Å². The molecule has 156 valence electrons. The fourth-order valence-electron chi connectivity index (χ4n) is 4.05. The van der Waals surface area contributed by atoms with Crippen LogP contribution in [0.5, 0.6) is 0 Å². The van der Waals surface area contributed by atoms with E-state index in [0.29, 0.717) is 6.04 Å². The zero-order valence-corrected chi connectivity index (χ0v) is 18.1. The Morgan fingerprint density at radius 2 is 1.86 bits per heavy atom. The lowest BCUT2D eigenvalue weighted by Crippen LogP contribution is -2.49. The number of rotatable bonds is 5.